The summed E-state index contributed by atoms with van der Waals surface area (Å²) in [4.78, 5) is 0. The lowest BCUT2D eigenvalue weighted by Gasteiger charge is -2.12. The van der Waals surface area contributed by atoms with E-state index in [1.165, 1.54) is 0 Å². The molecule has 0 radical (unpaired) electrons. The van der Waals surface area contributed by atoms with Crippen molar-refractivity contribution in [3.8, 4) is 0 Å². The quantitative estimate of drug-likeness (QED) is 0.694. The fourth-order valence-electron chi connectivity index (χ4n) is 1.10. The Hall–Kier alpha value is -0.730. The standard InChI is InChI=1S/C9H13ClN2/c1-2-8(11)6-4-3-5-7(10)9(6)12/h3-5,8H,2,11-12H2,1H3/t8-/m1/s1. The van der Waals surface area contributed by atoms with Crippen LogP contribution in [0.15, 0.2) is 18.2 Å². The summed E-state index contributed by atoms with van der Waals surface area (Å²) >= 11 is 5.83. The Labute approximate surface area is 77.5 Å². The molecule has 66 valence electrons. The second-order valence-electron chi connectivity index (χ2n) is 2.76. The van der Waals surface area contributed by atoms with Gasteiger partial charge in [0.1, 0.15) is 0 Å². The molecular weight excluding hydrogens is 172 g/mol. The van der Waals surface area contributed by atoms with Crippen molar-refractivity contribution in [2.75, 3.05) is 5.73 Å². The maximum atomic E-state index is 5.83. The van der Waals surface area contributed by atoms with Crippen molar-refractivity contribution in [3.63, 3.8) is 0 Å². The third-order valence-corrected chi connectivity index (χ3v) is 2.26. The fraction of sp³-hybridized carbons (Fsp3) is 0.333. The van der Waals surface area contributed by atoms with Crippen molar-refractivity contribution in [1.82, 2.24) is 0 Å². The largest absolute Gasteiger partial charge is 0.397 e. The minimum atomic E-state index is -0.0105. The molecular formula is C9H13ClN2. The highest BCUT2D eigenvalue weighted by molar-refractivity contribution is 6.33. The topological polar surface area (TPSA) is 52.0 Å². The van der Waals surface area contributed by atoms with E-state index in [4.69, 9.17) is 23.1 Å². The van der Waals surface area contributed by atoms with Crippen LogP contribution in [-0.2, 0) is 0 Å². The zero-order valence-corrected chi connectivity index (χ0v) is 7.81. The molecule has 12 heavy (non-hydrogen) atoms. The third kappa shape index (κ3) is 1.71. The molecule has 0 fully saturated rings. The summed E-state index contributed by atoms with van der Waals surface area (Å²) in [5, 5.41) is 0.580. The number of para-hydroxylation sites is 1. The van der Waals surface area contributed by atoms with Crippen LogP contribution in [0.25, 0.3) is 0 Å². The van der Waals surface area contributed by atoms with E-state index in [-0.39, 0.29) is 6.04 Å². The summed E-state index contributed by atoms with van der Waals surface area (Å²) in [6, 6.07) is 5.53. The lowest BCUT2D eigenvalue weighted by molar-refractivity contribution is 0.701. The lowest BCUT2D eigenvalue weighted by atomic mass is 10.0. The van der Waals surface area contributed by atoms with Crippen molar-refractivity contribution in [2.24, 2.45) is 5.73 Å². The Bertz CT molecular complexity index is 273. The van der Waals surface area contributed by atoms with Gasteiger partial charge in [-0.3, -0.25) is 0 Å². The highest BCUT2D eigenvalue weighted by Crippen LogP contribution is 2.27. The van der Waals surface area contributed by atoms with Crippen LogP contribution in [0.3, 0.4) is 0 Å². The minimum Gasteiger partial charge on any atom is -0.397 e. The molecule has 1 aromatic carbocycles. The Balaban J connectivity index is 3.07. The third-order valence-electron chi connectivity index (χ3n) is 1.93. The van der Waals surface area contributed by atoms with E-state index in [2.05, 4.69) is 0 Å². The van der Waals surface area contributed by atoms with Gasteiger partial charge in [0.05, 0.1) is 10.7 Å². The van der Waals surface area contributed by atoms with Gasteiger partial charge >= 0.3 is 0 Å². The van der Waals surface area contributed by atoms with Gasteiger partial charge in [-0.25, -0.2) is 0 Å². The van der Waals surface area contributed by atoms with Crippen LogP contribution in [0.2, 0.25) is 5.02 Å². The van der Waals surface area contributed by atoms with E-state index < -0.39 is 0 Å². The Morgan fingerprint density at radius 1 is 1.50 bits per heavy atom. The van der Waals surface area contributed by atoms with Crippen molar-refractivity contribution >= 4 is 17.3 Å². The van der Waals surface area contributed by atoms with E-state index in [0.29, 0.717) is 10.7 Å². The average molecular weight is 185 g/mol. The molecule has 0 bridgehead atoms. The molecule has 0 aliphatic rings. The summed E-state index contributed by atoms with van der Waals surface area (Å²) in [5.41, 5.74) is 13.1. The van der Waals surface area contributed by atoms with Gasteiger partial charge in [0.15, 0.2) is 0 Å². The highest BCUT2D eigenvalue weighted by Gasteiger charge is 2.08. The van der Waals surface area contributed by atoms with Crippen LogP contribution in [0.1, 0.15) is 24.9 Å². The molecule has 1 aromatic rings. The van der Waals surface area contributed by atoms with Gasteiger partial charge in [-0.05, 0) is 18.1 Å². The molecule has 0 amide bonds. The van der Waals surface area contributed by atoms with Crippen molar-refractivity contribution in [3.05, 3.63) is 28.8 Å². The van der Waals surface area contributed by atoms with Gasteiger partial charge in [0, 0.05) is 6.04 Å². The first-order chi connectivity index (χ1) is 5.66. The SMILES string of the molecule is CC[C@@H](N)c1cccc(Cl)c1N. The minimum absolute atomic E-state index is 0.0105. The highest BCUT2D eigenvalue weighted by atomic mass is 35.5. The lowest BCUT2D eigenvalue weighted by Crippen LogP contribution is -2.11. The number of hydrogen-bond acceptors (Lipinski definition) is 2. The molecule has 0 saturated carbocycles. The molecule has 0 aliphatic heterocycles. The molecule has 0 spiro atoms. The van der Waals surface area contributed by atoms with Gasteiger partial charge in [-0.1, -0.05) is 30.7 Å². The van der Waals surface area contributed by atoms with Gasteiger partial charge in [0.2, 0.25) is 0 Å². The van der Waals surface area contributed by atoms with Crippen LogP contribution in [-0.4, -0.2) is 0 Å². The molecule has 1 atom stereocenters. The van der Waals surface area contributed by atoms with Crippen molar-refractivity contribution in [1.29, 1.82) is 0 Å². The molecule has 0 unspecified atom stereocenters. The first-order valence-electron chi connectivity index (χ1n) is 3.96. The second kappa shape index (κ2) is 3.78. The van der Waals surface area contributed by atoms with Crippen LogP contribution in [0, 0.1) is 0 Å². The predicted molar refractivity (Wildman–Crippen MR) is 53.1 cm³/mol. The van der Waals surface area contributed by atoms with E-state index in [0.717, 1.165) is 12.0 Å². The predicted octanol–water partition coefficient (Wildman–Crippen LogP) is 2.33. The molecule has 0 aromatic heterocycles. The van der Waals surface area contributed by atoms with Crippen LogP contribution in [0.4, 0.5) is 5.69 Å². The summed E-state index contributed by atoms with van der Waals surface area (Å²) in [7, 11) is 0. The smallest absolute Gasteiger partial charge is 0.0638 e. The van der Waals surface area contributed by atoms with Crippen molar-refractivity contribution in [2.45, 2.75) is 19.4 Å². The number of halogens is 1. The van der Waals surface area contributed by atoms with Gasteiger partial charge in [0.25, 0.3) is 0 Å². The van der Waals surface area contributed by atoms with E-state index in [1.807, 2.05) is 19.1 Å². The van der Waals surface area contributed by atoms with E-state index in [1.54, 1.807) is 6.07 Å². The zero-order chi connectivity index (χ0) is 9.14. The Morgan fingerprint density at radius 3 is 2.75 bits per heavy atom. The number of hydrogen-bond donors (Lipinski definition) is 2. The van der Waals surface area contributed by atoms with Crippen LogP contribution in [0.5, 0.6) is 0 Å². The normalized spacial score (nSPS) is 12.9. The van der Waals surface area contributed by atoms with Gasteiger partial charge < -0.3 is 11.5 Å². The summed E-state index contributed by atoms with van der Waals surface area (Å²) < 4.78 is 0. The van der Waals surface area contributed by atoms with Crippen molar-refractivity contribution < 1.29 is 0 Å². The number of nitrogen functional groups attached to an aromatic ring is 1. The van der Waals surface area contributed by atoms with E-state index >= 15 is 0 Å². The van der Waals surface area contributed by atoms with E-state index in [9.17, 15) is 0 Å². The second-order valence-corrected chi connectivity index (χ2v) is 3.16. The molecule has 0 aliphatic carbocycles. The first kappa shape index (κ1) is 9.36. The number of rotatable bonds is 2. The molecule has 4 N–H and O–H groups in total. The van der Waals surface area contributed by atoms with Crippen LogP contribution < -0.4 is 11.5 Å². The maximum Gasteiger partial charge on any atom is 0.0638 e. The van der Waals surface area contributed by atoms with Crippen LogP contribution >= 0.6 is 11.6 Å². The fourth-order valence-corrected chi connectivity index (χ4v) is 1.28. The summed E-state index contributed by atoms with van der Waals surface area (Å²) in [6.45, 7) is 2.02. The molecule has 3 heteroatoms. The molecule has 2 nitrogen and oxygen atoms in total. The molecule has 0 saturated heterocycles. The zero-order valence-electron chi connectivity index (χ0n) is 7.05. The monoisotopic (exact) mass is 184 g/mol. The number of benzene rings is 1. The molecule has 0 heterocycles. The first-order valence-corrected chi connectivity index (χ1v) is 4.34. The summed E-state index contributed by atoms with van der Waals surface area (Å²) in [5.74, 6) is 0. The maximum absolute atomic E-state index is 5.83. The van der Waals surface area contributed by atoms with Gasteiger partial charge in [-0.15, -0.1) is 0 Å². The molecule has 1 rings (SSSR count). The number of anilines is 1. The Kier molecular flexibility index (Phi) is 2.95. The summed E-state index contributed by atoms with van der Waals surface area (Å²) in [6.07, 6.45) is 0.866. The Morgan fingerprint density at radius 2 is 2.17 bits per heavy atom. The average Bonchev–Trinajstić information content (AvgIpc) is 2.08. The number of nitrogens with two attached hydrogens (primary N) is 2. The van der Waals surface area contributed by atoms with Gasteiger partial charge in [-0.2, -0.15) is 0 Å².